The third kappa shape index (κ3) is 5.23. The van der Waals surface area contributed by atoms with E-state index in [4.69, 9.17) is 0 Å². The van der Waals surface area contributed by atoms with Gasteiger partial charge in [0.05, 0.1) is 11.4 Å². The molecule has 0 fully saturated rings. The van der Waals surface area contributed by atoms with Gasteiger partial charge in [-0.2, -0.15) is 5.10 Å². The molecule has 0 saturated carbocycles. The second-order valence-electron chi connectivity index (χ2n) is 6.95. The van der Waals surface area contributed by atoms with Crippen molar-refractivity contribution in [1.82, 2.24) is 5.01 Å². The van der Waals surface area contributed by atoms with Gasteiger partial charge in [0.25, 0.3) is 11.8 Å². The van der Waals surface area contributed by atoms with Crippen LogP contribution in [0.1, 0.15) is 28.1 Å². The number of amides is 3. The Balaban J connectivity index is 1.43. The topological polar surface area (TPSA) is 90.9 Å². The summed E-state index contributed by atoms with van der Waals surface area (Å²) in [6.45, 7) is 0.320. The zero-order valence-electron chi connectivity index (χ0n) is 16.6. The predicted molar refractivity (Wildman–Crippen MR) is 121 cm³/mol. The Morgan fingerprint density at radius 3 is 2.35 bits per heavy atom. The molecule has 1 aromatic heterocycles. The lowest BCUT2D eigenvalue weighted by Gasteiger charge is -2.23. The maximum atomic E-state index is 12.7. The summed E-state index contributed by atoms with van der Waals surface area (Å²) in [5.41, 5.74) is 2.34. The molecule has 0 radical (unpaired) electrons. The van der Waals surface area contributed by atoms with Crippen LogP contribution in [-0.4, -0.2) is 28.4 Å². The molecule has 0 saturated heterocycles. The van der Waals surface area contributed by atoms with Crippen molar-refractivity contribution in [3.05, 3.63) is 82.6 Å². The number of hydrogen-bond donors (Lipinski definition) is 2. The molecule has 0 spiro atoms. The van der Waals surface area contributed by atoms with Crippen LogP contribution < -0.4 is 10.6 Å². The molecular weight excluding hydrogens is 412 g/mol. The molecule has 2 aromatic carbocycles. The number of carbonyl (C=O) groups excluding carboxylic acids is 3. The zero-order valence-corrected chi connectivity index (χ0v) is 17.4. The van der Waals surface area contributed by atoms with Crippen molar-refractivity contribution >= 4 is 46.1 Å². The Kier molecular flexibility index (Phi) is 6.18. The minimum Gasteiger partial charge on any atom is -0.321 e. The van der Waals surface area contributed by atoms with E-state index in [1.807, 2.05) is 41.8 Å². The molecule has 0 aliphatic carbocycles. The third-order valence-electron chi connectivity index (χ3n) is 4.67. The van der Waals surface area contributed by atoms with E-state index < -0.39 is 0 Å². The van der Waals surface area contributed by atoms with Gasteiger partial charge < -0.3 is 10.6 Å². The highest BCUT2D eigenvalue weighted by atomic mass is 32.1. The quantitative estimate of drug-likeness (QED) is 0.614. The highest BCUT2D eigenvalue weighted by Crippen LogP contribution is 2.19. The number of rotatable bonds is 6. The van der Waals surface area contributed by atoms with E-state index in [0.29, 0.717) is 28.5 Å². The Labute approximate surface area is 183 Å². The van der Waals surface area contributed by atoms with Gasteiger partial charge in [0.15, 0.2) is 0 Å². The lowest BCUT2D eigenvalue weighted by Crippen LogP contribution is -2.36. The molecule has 2 N–H and O–H groups in total. The van der Waals surface area contributed by atoms with Crippen molar-refractivity contribution in [1.29, 1.82) is 0 Å². The second-order valence-corrected chi connectivity index (χ2v) is 7.90. The number of anilines is 2. The summed E-state index contributed by atoms with van der Waals surface area (Å²) in [6.07, 6.45) is 0.515. The average Bonchev–Trinajstić information content (AvgIpc) is 3.31. The molecule has 2 heterocycles. The Morgan fingerprint density at radius 1 is 0.903 bits per heavy atom. The molecule has 4 rings (SSSR count). The monoisotopic (exact) mass is 432 g/mol. The average molecular weight is 433 g/mol. The van der Waals surface area contributed by atoms with Crippen LogP contribution >= 0.6 is 11.3 Å². The highest BCUT2D eigenvalue weighted by Gasteiger charge is 2.24. The van der Waals surface area contributed by atoms with Crippen LogP contribution in [0.2, 0.25) is 0 Å². The van der Waals surface area contributed by atoms with Gasteiger partial charge in [-0.3, -0.25) is 14.4 Å². The summed E-state index contributed by atoms with van der Waals surface area (Å²) in [7, 11) is 0. The van der Waals surface area contributed by atoms with E-state index in [1.54, 1.807) is 30.3 Å². The number of carbonyl (C=O) groups is 3. The Hall–Kier alpha value is -3.78. The van der Waals surface area contributed by atoms with Crippen LogP contribution in [0, 0.1) is 0 Å². The predicted octanol–water partition coefficient (Wildman–Crippen LogP) is 4.12. The molecule has 3 amide bonds. The molecule has 1 aliphatic rings. The first-order valence-electron chi connectivity index (χ1n) is 9.76. The molecule has 0 bridgehead atoms. The summed E-state index contributed by atoms with van der Waals surface area (Å²) in [6, 6.07) is 20.0. The van der Waals surface area contributed by atoms with Gasteiger partial charge in [-0.1, -0.05) is 42.5 Å². The molecule has 8 heteroatoms. The van der Waals surface area contributed by atoms with Gasteiger partial charge in [-0.15, -0.1) is 11.3 Å². The highest BCUT2D eigenvalue weighted by molar-refractivity contribution is 7.12. The normalized spacial score (nSPS) is 13.5. The first-order valence-corrected chi connectivity index (χ1v) is 10.6. The van der Waals surface area contributed by atoms with Crippen LogP contribution in [0.25, 0.3) is 0 Å². The minimum absolute atomic E-state index is 0.112. The number of hydrazone groups is 1. The van der Waals surface area contributed by atoms with Gasteiger partial charge >= 0.3 is 0 Å². The molecular formula is C23H20N4O3S. The van der Waals surface area contributed by atoms with E-state index in [1.165, 1.54) is 16.3 Å². The Morgan fingerprint density at radius 2 is 1.65 bits per heavy atom. The summed E-state index contributed by atoms with van der Waals surface area (Å²) >= 11 is 1.36. The molecule has 31 heavy (non-hydrogen) atoms. The number of nitrogens with zero attached hydrogens (tertiary/aromatic N) is 2. The summed E-state index contributed by atoms with van der Waals surface area (Å²) < 4.78 is 0. The van der Waals surface area contributed by atoms with Crippen molar-refractivity contribution < 1.29 is 14.4 Å². The molecule has 7 nitrogen and oxygen atoms in total. The van der Waals surface area contributed by atoms with E-state index in [2.05, 4.69) is 15.7 Å². The van der Waals surface area contributed by atoms with Crippen LogP contribution in [0.3, 0.4) is 0 Å². The van der Waals surface area contributed by atoms with Crippen molar-refractivity contribution in [3.63, 3.8) is 0 Å². The van der Waals surface area contributed by atoms with Gasteiger partial charge in [-0.05, 0) is 35.2 Å². The van der Waals surface area contributed by atoms with Crippen molar-refractivity contribution in [2.45, 2.75) is 19.4 Å². The number of benzene rings is 2. The molecule has 0 atom stereocenters. The summed E-state index contributed by atoms with van der Waals surface area (Å²) in [5.74, 6) is -0.684. The van der Waals surface area contributed by atoms with Crippen LogP contribution in [-0.2, 0) is 16.1 Å². The van der Waals surface area contributed by atoms with Gasteiger partial charge in [-0.25, -0.2) is 5.01 Å². The molecule has 0 unspecified atom stereocenters. The lowest BCUT2D eigenvalue weighted by atomic mass is 10.1. The van der Waals surface area contributed by atoms with Crippen LogP contribution in [0.4, 0.5) is 11.4 Å². The van der Waals surface area contributed by atoms with Gasteiger partial charge in [0.2, 0.25) is 5.91 Å². The maximum absolute atomic E-state index is 12.7. The van der Waals surface area contributed by atoms with E-state index in [0.717, 1.165) is 5.56 Å². The fraction of sp³-hybridized carbons (Fsp3) is 0.130. The van der Waals surface area contributed by atoms with Gasteiger partial charge in [0, 0.05) is 24.2 Å². The first kappa shape index (κ1) is 20.5. The zero-order chi connectivity index (χ0) is 21.6. The molecule has 156 valence electrons. The van der Waals surface area contributed by atoms with E-state index in [9.17, 15) is 14.4 Å². The first-order chi connectivity index (χ1) is 15.1. The second kappa shape index (κ2) is 9.36. The standard InChI is InChI=1S/C23H20N4O3S/c28-21-12-11-19(26-27(21)15-16-6-2-1-3-7-16)22(29)24-17-8-4-9-18(14-17)25-23(30)20-10-5-13-31-20/h1-10,13-14H,11-12,15H2,(H,24,29)(H,25,30). The van der Waals surface area contributed by atoms with E-state index in [-0.39, 0.29) is 30.6 Å². The van der Waals surface area contributed by atoms with Crippen molar-refractivity contribution in [3.8, 4) is 0 Å². The smallest absolute Gasteiger partial charge is 0.271 e. The van der Waals surface area contributed by atoms with Crippen molar-refractivity contribution in [2.24, 2.45) is 5.10 Å². The van der Waals surface area contributed by atoms with Crippen LogP contribution in [0.5, 0.6) is 0 Å². The minimum atomic E-state index is -0.368. The van der Waals surface area contributed by atoms with E-state index >= 15 is 0 Å². The lowest BCUT2D eigenvalue weighted by molar-refractivity contribution is -0.132. The van der Waals surface area contributed by atoms with Crippen molar-refractivity contribution in [2.75, 3.05) is 10.6 Å². The fourth-order valence-electron chi connectivity index (χ4n) is 3.12. The number of hydrogen-bond acceptors (Lipinski definition) is 5. The number of nitrogens with one attached hydrogen (secondary N) is 2. The third-order valence-corrected chi connectivity index (χ3v) is 5.53. The Bertz CT molecular complexity index is 1130. The summed E-state index contributed by atoms with van der Waals surface area (Å²) in [5, 5.41) is 13.1. The molecule has 1 aliphatic heterocycles. The molecule has 3 aromatic rings. The fourth-order valence-corrected chi connectivity index (χ4v) is 3.74. The van der Waals surface area contributed by atoms with Crippen LogP contribution in [0.15, 0.2) is 77.2 Å². The van der Waals surface area contributed by atoms with Gasteiger partial charge in [0.1, 0.15) is 5.71 Å². The summed E-state index contributed by atoms with van der Waals surface area (Å²) in [4.78, 5) is 37.8. The SMILES string of the molecule is O=C(Nc1cccc(NC(=O)c2cccs2)c1)C1=NN(Cc2ccccc2)C(=O)CC1. The number of thiophene rings is 1. The largest absolute Gasteiger partial charge is 0.321 e. The maximum Gasteiger partial charge on any atom is 0.271 e.